The summed E-state index contributed by atoms with van der Waals surface area (Å²) in [6.45, 7) is 8.09. The van der Waals surface area contributed by atoms with E-state index in [2.05, 4.69) is 29.6 Å². The molecule has 2 rings (SSSR count). The Balaban J connectivity index is 1.88. The van der Waals surface area contributed by atoms with Crippen LogP contribution in [0.4, 0.5) is 4.79 Å². The van der Waals surface area contributed by atoms with Gasteiger partial charge in [0.05, 0.1) is 0 Å². The van der Waals surface area contributed by atoms with E-state index in [0.29, 0.717) is 6.04 Å². The molecule has 1 saturated heterocycles. The average molecular weight is 304 g/mol. The maximum atomic E-state index is 12.3. The smallest absolute Gasteiger partial charge is 0.410 e. The number of nitrogens with zero attached hydrogens (tertiary/aromatic N) is 1. The summed E-state index contributed by atoms with van der Waals surface area (Å²) in [5, 5.41) is 3.58. The monoisotopic (exact) mass is 304 g/mol. The number of nitrogens with one attached hydrogen (secondary N) is 1. The highest BCUT2D eigenvalue weighted by Crippen LogP contribution is 2.16. The SMILES string of the molecule is CC(C)(C)OC(=O)N1CCCCC(NCc2ccccc2)C1. The lowest BCUT2D eigenvalue weighted by atomic mass is 10.1. The fourth-order valence-electron chi connectivity index (χ4n) is 2.66. The Morgan fingerprint density at radius 1 is 1.27 bits per heavy atom. The van der Waals surface area contributed by atoms with Gasteiger partial charge in [-0.15, -0.1) is 0 Å². The molecular formula is C18H28N2O2. The van der Waals surface area contributed by atoms with Gasteiger partial charge in [0.25, 0.3) is 0 Å². The normalized spacial score (nSPS) is 19.6. The second-order valence-electron chi connectivity index (χ2n) is 6.99. The molecule has 0 spiro atoms. The Labute approximate surface area is 133 Å². The summed E-state index contributed by atoms with van der Waals surface area (Å²) in [5.74, 6) is 0. The number of benzene rings is 1. The quantitative estimate of drug-likeness (QED) is 0.928. The van der Waals surface area contributed by atoms with Gasteiger partial charge in [0, 0.05) is 25.7 Å². The highest BCUT2D eigenvalue weighted by molar-refractivity contribution is 5.68. The molecule has 0 bridgehead atoms. The molecule has 0 saturated carbocycles. The summed E-state index contributed by atoms with van der Waals surface area (Å²) >= 11 is 0. The minimum absolute atomic E-state index is 0.194. The first kappa shape index (κ1) is 16.8. The Bertz CT molecular complexity index is 468. The second kappa shape index (κ2) is 7.63. The number of ether oxygens (including phenoxy) is 1. The molecule has 4 heteroatoms. The van der Waals surface area contributed by atoms with Gasteiger partial charge in [-0.1, -0.05) is 36.8 Å². The van der Waals surface area contributed by atoms with Crippen molar-refractivity contribution in [1.29, 1.82) is 0 Å². The zero-order chi connectivity index (χ0) is 16.0. The third-order valence-corrected chi connectivity index (χ3v) is 3.76. The van der Waals surface area contributed by atoms with Crippen molar-refractivity contribution in [3.05, 3.63) is 35.9 Å². The highest BCUT2D eigenvalue weighted by Gasteiger charge is 2.26. The Hall–Kier alpha value is -1.55. The van der Waals surface area contributed by atoms with E-state index < -0.39 is 5.60 Å². The molecule has 0 aromatic heterocycles. The molecule has 1 amide bonds. The summed E-state index contributed by atoms with van der Waals surface area (Å²) in [5.41, 5.74) is 0.839. The second-order valence-corrected chi connectivity index (χ2v) is 6.99. The van der Waals surface area contributed by atoms with Crippen molar-refractivity contribution in [2.45, 2.75) is 58.2 Å². The molecule has 1 unspecified atom stereocenters. The molecule has 1 aliphatic rings. The fourth-order valence-corrected chi connectivity index (χ4v) is 2.66. The molecule has 1 atom stereocenters. The molecule has 1 N–H and O–H groups in total. The third kappa shape index (κ3) is 5.68. The van der Waals surface area contributed by atoms with Crippen LogP contribution in [0.25, 0.3) is 0 Å². The molecule has 1 aromatic carbocycles. The van der Waals surface area contributed by atoms with Gasteiger partial charge >= 0.3 is 6.09 Å². The van der Waals surface area contributed by atoms with E-state index in [9.17, 15) is 4.79 Å². The summed E-state index contributed by atoms with van der Waals surface area (Å²) in [6, 6.07) is 10.7. The van der Waals surface area contributed by atoms with Gasteiger partial charge in [0.1, 0.15) is 5.60 Å². The van der Waals surface area contributed by atoms with Crippen LogP contribution in [-0.2, 0) is 11.3 Å². The van der Waals surface area contributed by atoms with Gasteiger partial charge in [0.15, 0.2) is 0 Å². The van der Waals surface area contributed by atoms with Crippen molar-refractivity contribution < 1.29 is 9.53 Å². The summed E-state index contributed by atoms with van der Waals surface area (Å²) in [4.78, 5) is 14.1. The van der Waals surface area contributed by atoms with Crippen LogP contribution in [0, 0.1) is 0 Å². The summed E-state index contributed by atoms with van der Waals surface area (Å²) in [6.07, 6.45) is 3.10. The maximum absolute atomic E-state index is 12.3. The largest absolute Gasteiger partial charge is 0.444 e. The summed E-state index contributed by atoms with van der Waals surface area (Å²) in [7, 11) is 0. The number of rotatable bonds is 3. The standard InChI is InChI=1S/C18H28N2O2/c1-18(2,3)22-17(21)20-12-8-7-11-16(14-20)19-13-15-9-5-4-6-10-15/h4-6,9-10,16,19H,7-8,11-14H2,1-3H3. The zero-order valence-corrected chi connectivity index (χ0v) is 14.0. The first-order chi connectivity index (χ1) is 10.4. The molecule has 0 aliphatic carbocycles. The minimum Gasteiger partial charge on any atom is -0.444 e. The van der Waals surface area contributed by atoms with Gasteiger partial charge in [-0.25, -0.2) is 4.79 Å². The van der Waals surface area contributed by atoms with E-state index in [1.54, 1.807) is 0 Å². The minimum atomic E-state index is -0.434. The van der Waals surface area contributed by atoms with Crippen LogP contribution in [0.2, 0.25) is 0 Å². The van der Waals surface area contributed by atoms with Crippen molar-refractivity contribution in [1.82, 2.24) is 10.2 Å². The van der Waals surface area contributed by atoms with Crippen LogP contribution in [-0.4, -0.2) is 35.7 Å². The lowest BCUT2D eigenvalue weighted by Gasteiger charge is -2.28. The van der Waals surface area contributed by atoms with E-state index in [1.807, 2.05) is 31.7 Å². The van der Waals surface area contributed by atoms with Crippen molar-refractivity contribution in [3.63, 3.8) is 0 Å². The first-order valence-electron chi connectivity index (χ1n) is 8.19. The van der Waals surface area contributed by atoms with Crippen molar-refractivity contribution in [3.8, 4) is 0 Å². The third-order valence-electron chi connectivity index (χ3n) is 3.76. The molecule has 1 heterocycles. The Morgan fingerprint density at radius 2 is 2.00 bits per heavy atom. The summed E-state index contributed by atoms with van der Waals surface area (Å²) < 4.78 is 5.50. The van der Waals surface area contributed by atoms with Crippen LogP contribution in [0.1, 0.15) is 45.6 Å². The zero-order valence-electron chi connectivity index (χ0n) is 14.0. The number of carbonyl (C=O) groups excluding carboxylic acids is 1. The molecular weight excluding hydrogens is 276 g/mol. The molecule has 122 valence electrons. The van der Waals surface area contributed by atoms with E-state index >= 15 is 0 Å². The van der Waals surface area contributed by atoms with E-state index in [1.165, 1.54) is 5.56 Å². The maximum Gasteiger partial charge on any atom is 0.410 e. The predicted octanol–water partition coefficient (Wildman–Crippen LogP) is 3.57. The molecule has 4 nitrogen and oxygen atoms in total. The lowest BCUT2D eigenvalue weighted by molar-refractivity contribution is 0.0243. The number of hydrogen-bond acceptors (Lipinski definition) is 3. The number of amides is 1. The van der Waals surface area contributed by atoms with E-state index in [0.717, 1.165) is 38.9 Å². The van der Waals surface area contributed by atoms with Crippen molar-refractivity contribution >= 4 is 6.09 Å². The van der Waals surface area contributed by atoms with Crippen LogP contribution in [0.3, 0.4) is 0 Å². The topological polar surface area (TPSA) is 41.6 Å². The van der Waals surface area contributed by atoms with Crippen molar-refractivity contribution in [2.75, 3.05) is 13.1 Å². The van der Waals surface area contributed by atoms with Crippen molar-refractivity contribution in [2.24, 2.45) is 0 Å². The fraction of sp³-hybridized carbons (Fsp3) is 0.611. The number of hydrogen-bond donors (Lipinski definition) is 1. The Morgan fingerprint density at radius 3 is 2.68 bits per heavy atom. The van der Waals surface area contributed by atoms with E-state index in [-0.39, 0.29) is 6.09 Å². The number of likely N-dealkylation sites (tertiary alicyclic amines) is 1. The van der Waals surface area contributed by atoms with E-state index in [4.69, 9.17) is 4.74 Å². The predicted molar refractivity (Wildman–Crippen MR) is 88.7 cm³/mol. The van der Waals surface area contributed by atoms with Gasteiger partial charge in [-0.05, 0) is 39.2 Å². The Kier molecular flexibility index (Phi) is 5.83. The average Bonchev–Trinajstić information content (AvgIpc) is 2.70. The van der Waals surface area contributed by atoms with Crippen LogP contribution in [0.15, 0.2) is 30.3 Å². The molecule has 1 fully saturated rings. The van der Waals surface area contributed by atoms with Crippen LogP contribution >= 0.6 is 0 Å². The lowest BCUT2D eigenvalue weighted by Crippen LogP contribution is -2.44. The van der Waals surface area contributed by atoms with Gasteiger partial charge in [0.2, 0.25) is 0 Å². The van der Waals surface area contributed by atoms with Gasteiger partial charge in [-0.2, -0.15) is 0 Å². The van der Waals surface area contributed by atoms with Crippen LogP contribution in [0.5, 0.6) is 0 Å². The molecule has 0 radical (unpaired) electrons. The molecule has 1 aliphatic heterocycles. The molecule has 22 heavy (non-hydrogen) atoms. The molecule has 1 aromatic rings. The highest BCUT2D eigenvalue weighted by atomic mass is 16.6. The van der Waals surface area contributed by atoms with Gasteiger partial charge < -0.3 is 15.0 Å². The van der Waals surface area contributed by atoms with Crippen LogP contribution < -0.4 is 5.32 Å². The van der Waals surface area contributed by atoms with Gasteiger partial charge in [-0.3, -0.25) is 0 Å². The first-order valence-corrected chi connectivity index (χ1v) is 8.19. The number of carbonyl (C=O) groups is 1.